The Morgan fingerprint density at radius 2 is 2.00 bits per heavy atom. The number of fused-ring (bicyclic) bond motifs is 1. The van der Waals surface area contributed by atoms with Crippen LogP contribution in [0.1, 0.15) is 12.0 Å². The van der Waals surface area contributed by atoms with Gasteiger partial charge >= 0.3 is 0 Å². The molecule has 0 radical (unpaired) electrons. The number of amidine groups is 1. The molecule has 1 aromatic rings. The molecule has 0 fully saturated rings. The van der Waals surface area contributed by atoms with E-state index in [1.54, 1.807) is 11.8 Å². The third-order valence-electron chi connectivity index (χ3n) is 2.72. The van der Waals surface area contributed by atoms with Gasteiger partial charge in [0.25, 0.3) is 0 Å². The molecule has 0 atom stereocenters. The van der Waals surface area contributed by atoms with Crippen LogP contribution in [0.2, 0.25) is 5.02 Å². The number of hydrogen-bond acceptors (Lipinski definition) is 3. The Balaban J connectivity index is 0.00000108. The lowest BCUT2D eigenvalue weighted by Gasteiger charge is -2.25. The van der Waals surface area contributed by atoms with Crippen LogP contribution in [0.4, 0.5) is 0 Å². The zero-order chi connectivity index (χ0) is 11.0. The van der Waals surface area contributed by atoms with Crippen molar-refractivity contribution in [3.63, 3.8) is 0 Å². The standard InChI is InChI=1S/C12H11ClN2S.ClH/c13-10-4-2-9(3-5-10)11-8-16-12-14-6-1-7-15(11)12;/h2-5,8H,1,6-7H2;1H. The fourth-order valence-electron chi connectivity index (χ4n) is 1.93. The van der Waals surface area contributed by atoms with Crippen molar-refractivity contribution in [1.29, 1.82) is 0 Å². The molecule has 2 aliphatic heterocycles. The maximum absolute atomic E-state index is 5.89. The zero-order valence-corrected chi connectivity index (χ0v) is 11.5. The minimum Gasteiger partial charge on any atom is -0.320 e. The maximum Gasteiger partial charge on any atom is 0.168 e. The number of benzene rings is 1. The molecular formula is C12H12Cl2N2S. The first-order chi connectivity index (χ1) is 7.84. The zero-order valence-electron chi connectivity index (χ0n) is 9.10. The van der Waals surface area contributed by atoms with Gasteiger partial charge in [-0.1, -0.05) is 35.5 Å². The first-order valence-electron chi connectivity index (χ1n) is 5.29. The summed E-state index contributed by atoms with van der Waals surface area (Å²) in [5.41, 5.74) is 2.46. The van der Waals surface area contributed by atoms with Crippen LogP contribution < -0.4 is 0 Å². The van der Waals surface area contributed by atoms with Gasteiger partial charge in [-0.05, 0) is 24.1 Å². The predicted molar refractivity (Wildman–Crippen MR) is 77.9 cm³/mol. The second-order valence-corrected chi connectivity index (χ2v) is 5.07. The van der Waals surface area contributed by atoms with Crippen molar-refractivity contribution in [2.75, 3.05) is 13.1 Å². The molecule has 0 unspecified atom stereocenters. The fourth-order valence-corrected chi connectivity index (χ4v) is 3.01. The van der Waals surface area contributed by atoms with E-state index in [0.717, 1.165) is 29.7 Å². The summed E-state index contributed by atoms with van der Waals surface area (Å²) in [5.74, 6) is 0. The highest BCUT2D eigenvalue weighted by Crippen LogP contribution is 2.35. The van der Waals surface area contributed by atoms with E-state index < -0.39 is 0 Å². The van der Waals surface area contributed by atoms with E-state index in [-0.39, 0.29) is 12.4 Å². The Morgan fingerprint density at radius 1 is 1.24 bits per heavy atom. The number of aliphatic imine (C=N–C) groups is 1. The molecule has 0 aliphatic carbocycles. The average Bonchev–Trinajstić information content (AvgIpc) is 2.74. The maximum atomic E-state index is 5.89. The summed E-state index contributed by atoms with van der Waals surface area (Å²) in [6.07, 6.45) is 1.13. The van der Waals surface area contributed by atoms with Crippen LogP contribution in [0.5, 0.6) is 0 Å². The molecule has 90 valence electrons. The number of thioether (sulfide) groups is 1. The molecule has 0 saturated heterocycles. The largest absolute Gasteiger partial charge is 0.320 e. The summed E-state index contributed by atoms with van der Waals surface area (Å²) in [5, 5.41) is 4.09. The lowest BCUT2D eigenvalue weighted by Crippen LogP contribution is -2.28. The van der Waals surface area contributed by atoms with Gasteiger partial charge in [0.2, 0.25) is 0 Å². The quantitative estimate of drug-likeness (QED) is 0.779. The van der Waals surface area contributed by atoms with Crippen LogP contribution in [0.3, 0.4) is 0 Å². The van der Waals surface area contributed by atoms with Gasteiger partial charge in [-0.15, -0.1) is 12.4 Å². The van der Waals surface area contributed by atoms with E-state index in [2.05, 4.69) is 27.4 Å². The average molecular weight is 287 g/mol. The van der Waals surface area contributed by atoms with Crippen LogP contribution in [-0.2, 0) is 0 Å². The number of nitrogens with zero attached hydrogens (tertiary/aromatic N) is 2. The first kappa shape index (κ1) is 12.8. The molecule has 0 amide bonds. The van der Waals surface area contributed by atoms with Crippen molar-refractivity contribution in [2.24, 2.45) is 4.99 Å². The third-order valence-corrected chi connectivity index (χ3v) is 3.88. The molecule has 0 bridgehead atoms. The van der Waals surface area contributed by atoms with Gasteiger partial charge in [0, 0.05) is 23.5 Å². The molecule has 2 aliphatic rings. The molecule has 0 N–H and O–H groups in total. The molecule has 0 spiro atoms. The normalized spacial score (nSPS) is 18.1. The van der Waals surface area contributed by atoms with Crippen LogP contribution in [0.25, 0.3) is 5.70 Å². The first-order valence-corrected chi connectivity index (χ1v) is 6.55. The van der Waals surface area contributed by atoms with Crippen molar-refractivity contribution in [3.8, 4) is 0 Å². The Hall–Kier alpha value is -0.640. The Labute approximate surface area is 116 Å². The molecule has 17 heavy (non-hydrogen) atoms. The summed E-state index contributed by atoms with van der Waals surface area (Å²) in [4.78, 5) is 6.80. The summed E-state index contributed by atoms with van der Waals surface area (Å²) in [6.45, 7) is 2.03. The highest BCUT2D eigenvalue weighted by Gasteiger charge is 2.25. The van der Waals surface area contributed by atoms with Crippen molar-refractivity contribution in [3.05, 3.63) is 40.3 Å². The number of rotatable bonds is 1. The summed E-state index contributed by atoms with van der Waals surface area (Å²) >= 11 is 7.61. The van der Waals surface area contributed by atoms with Gasteiger partial charge in [-0.3, -0.25) is 4.99 Å². The lowest BCUT2D eigenvalue weighted by molar-refractivity contribution is 0.542. The molecular weight excluding hydrogens is 275 g/mol. The summed E-state index contributed by atoms with van der Waals surface area (Å²) < 4.78 is 0. The van der Waals surface area contributed by atoms with Crippen LogP contribution in [-0.4, -0.2) is 23.2 Å². The van der Waals surface area contributed by atoms with Gasteiger partial charge < -0.3 is 4.90 Å². The highest BCUT2D eigenvalue weighted by molar-refractivity contribution is 8.16. The molecule has 5 heteroatoms. The second kappa shape index (κ2) is 5.34. The van der Waals surface area contributed by atoms with E-state index in [9.17, 15) is 0 Å². The monoisotopic (exact) mass is 286 g/mol. The van der Waals surface area contributed by atoms with Gasteiger partial charge in [0.1, 0.15) is 0 Å². The van der Waals surface area contributed by atoms with Gasteiger partial charge in [-0.2, -0.15) is 0 Å². The smallest absolute Gasteiger partial charge is 0.168 e. The van der Waals surface area contributed by atoms with Crippen molar-refractivity contribution < 1.29 is 0 Å². The minimum atomic E-state index is 0. The third kappa shape index (κ3) is 2.46. The van der Waals surface area contributed by atoms with E-state index >= 15 is 0 Å². The minimum absolute atomic E-state index is 0. The summed E-state index contributed by atoms with van der Waals surface area (Å²) in [6, 6.07) is 7.99. The van der Waals surface area contributed by atoms with E-state index in [1.165, 1.54) is 11.3 Å². The molecule has 3 rings (SSSR count). The van der Waals surface area contributed by atoms with Gasteiger partial charge in [0.05, 0.1) is 5.70 Å². The Kier molecular flexibility index (Phi) is 4.02. The van der Waals surface area contributed by atoms with E-state index in [0.29, 0.717) is 0 Å². The molecule has 0 saturated carbocycles. The SMILES string of the molecule is Cl.Clc1ccc(C2=CSC3=NCCCN23)cc1. The Bertz CT molecular complexity index is 468. The van der Waals surface area contributed by atoms with Crippen molar-refractivity contribution >= 4 is 46.6 Å². The predicted octanol–water partition coefficient (Wildman–Crippen LogP) is 3.87. The molecule has 0 aromatic heterocycles. The fraction of sp³-hybridized carbons (Fsp3) is 0.250. The van der Waals surface area contributed by atoms with Crippen molar-refractivity contribution in [1.82, 2.24) is 4.90 Å². The molecule has 1 aromatic carbocycles. The summed E-state index contributed by atoms with van der Waals surface area (Å²) in [7, 11) is 0. The van der Waals surface area contributed by atoms with E-state index in [1.807, 2.05) is 12.1 Å². The van der Waals surface area contributed by atoms with Crippen molar-refractivity contribution in [2.45, 2.75) is 6.42 Å². The molecule has 2 nitrogen and oxygen atoms in total. The lowest BCUT2D eigenvalue weighted by atomic mass is 10.1. The number of hydrogen-bond donors (Lipinski definition) is 0. The highest BCUT2D eigenvalue weighted by atomic mass is 35.5. The van der Waals surface area contributed by atoms with Crippen LogP contribution >= 0.6 is 35.8 Å². The van der Waals surface area contributed by atoms with E-state index in [4.69, 9.17) is 11.6 Å². The molecule has 2 heterocycles. The number of halogens is 2. The Morgan fingerprint density at radius 3 is 2.76 bits per heavy atom. The van der Waals surface area contributed by atoms with Gasteiger partial charge in [-0.25, -0.2) is 0 Å². The topological polar surface area (TPSA) is 15.6 Å². The second-order valence-electron chi connectivity index (χ2n) is 3.80. The van der Waals surface area contributed by atoms with Crippen LogP contribution in [0, 0.1) is 0 Å². The van der Waals surface area contributed by atoms with Crippen LogP contribution in [0.15, 0.2) is 34.7 Å². The van der Waals surface area contributed by atoms with Gasteiger partial charge in [0.15, 0.2) is 5.17 Å².